The van der Waals surface area contributed by atoms with Crippen molar-refractivity contribution in [1.82, 2.24) is 0 Å². The number of nitro benzene ring substituents is 1. The molecular formula is C16H7Cl2N3O6. The largest absolute Gasteiger partial charge is 0.365 e. The fourth-order valence-electron chi connectivity index (χ4n) is 2.32. The summed E-state index contributed by atoms with van der Waals surface area (Å²) in [5.74, 6) is -3.04. The molecule has 0 bridgehead atoms. The zero-order chi connectivity index (χ0) is 19.7. The molecule has 0 aromatic heterocycles. The van der Waals surface area contributed by atoms with Crippen LogP contribution in [0.4, 0.5) is 11.4 Å². The maximum atomic E-state index is 12.6. The SMILES string of the molecule is O=C1Nc2c(c(Cl)cc(Cl)c2[N+](=O)[O-])C(=O)C1=NOC(=O)c1ccccc1. The second-order valence-electron chi connectivity index (χ2n) is 5.16. The molecular weight excluding hydrogens is 401 g/mol. The van der Waals surface area contributed by atoms with E-state index in [-0.39, 0.29) is 21.2 Å². The Kier molecular flexibility index (Phi) is 4.89. The van der Waals surface area contributed by atoms with Gasteiger partial charge in [0.1, 0.15) is 10.7 Å². The topological polar surface area (TPSA) is 128 Å². The highest BCUT2D eigenvalue weighted by Crippen LogP contribution is 2.41. The number of amides is 1. The first-order chi connectivity index (χ1) is 12.8. The summed E-state index contributed by atoms with van der Waals surface area (Å²) in [7, 11) is 0. The molecule has 0 aliphatic carbocycles. The molecule has 0 unspecified atom stereocenters. The molecule has 136 valence electrons. The van der Waals surface area contributed by atoms with E-state index in [0.29, 0.717) is 0 Å². The molecule has 0 saturated carbocycles. The second kappa shape index (κ2) is 7.14. The number of anilines is 1. The normalized spacial score (nSPS) is 14.5. The molecule has 0 fully saturated rings. The standard InChI is InChI=1S/C16H7Cl2N3O6/c17-8-6-9(18)13(21(25)26)11-10(8)14(22)12(15(23)19-11)20-27-16(24)7-4-2-1-3-5-7/h1-6H,(H,19,23). The molecule has 0 saturated heterocycles. The zero-order valence-electron chi connectivity index (χ0n) is 13.1. The van der Waals surface area contributed by atoms with Gasteiger partial charge in [0.15, 0.2) is 0 Å². The molecule has 27 heavy (non-hydrogen) atoms. The lowest BCUT2D eigenvalue weighted by Gasteiger charge is -2.18. The number of nitro groups is 1. The van der Waals surface area contributed by atoms with Gasteiger partial charge in [0.25, 0.3) is 5.91 Å². The van der Waals surface area contributed by atoms with Crippen molar-refractivity contribution >= 4 is 57.9 Å². The summed E-state index contributed by atoms with van der Waals surface area (Å²) in [6.45, 7) is 0. The Bertz CT molecular complexity index is 1040. The minimum atomic E-state index is -1.10. The van der Waals surface area contributed by atoms with Crippen molar-refractivity contribution in [3.63, 3.8) is 0 Å². The van der Waals surface area contributed by atoms with Crippen molar-refractivity contribution in [3.05, 3.63) is 67.7 Å². The van der Waals surface area contributed by atoms with Crippen LogP contribution in [0.1, 0.15) is 20.7 Å². The Balaban J connectivity index is 2.00. The molecule has 11 heteroatoms. The number of ketones is 1. The third-order valence-electron chi connectivity index (χ3n) is 3.51. The van der Waals surface area contributed by atoms with Gasteiger partial charge in [0, 0.05) is 0 Å². The number of rotatable bonds is 3. The van der Waals surface area contributed by atoms with Gasteiger partial charge in [0.2, 0.25) is 11.5 Å². The molecule has 1 amide bonds. The average molecular weight is 408 g/mol. The van der Waals surface area contributed by atoms with Crippen LogP contribution in [0.3, 0.4) is 0 Å². The van der Waals surface area contributed by atoms with Gasteiger partial charge in [-0.2, -0.15) is 0 Å². The molecule has 1 N–H and O–H groups in total. The molecule has 0 spiro atoms. The Hall–Kier alpha value is -3.30. The number of hydrogen-bond acceptors (Lipinski definition) is 7. The number of halogens is 2. The second-order valence-corrected chi connectivity index (χ2v) is 5.98. The minimum Gasteiger partial charge on any atom is -0.314 e. The zero-order valence-corrected chi connectivity index (χ0v) is 14.6. The molecule has 9 nitrogen and oxygen atoms in total. The molecule has 0 radical (unpaired) electrons. The van der Waals surface area contributed by atoms with Crippen LogP contribution in [0.25, 0.3) is 0 Å². The number of nitrogens with one attached hydrogen (secondary N) is 1. The van der Waals surface area contributed by atoms with Crippen LogP contribution in [-0.2, 0) is 9.63 Å². The van der Waals surface area contributed by atoms with E-state index in [1.807, 2.05) is 0 Å². The molecule has 1 aliphatic rings. The summed E-state index contributed by atoms with van der Waals surface area (Å²) >= 11 is 11.7. The van der Waals surface area contributed by atoms with Crippen LogP contribution in [0, 0.1) is 10.1 Å². The Morgan fingerprint density at radius 3 is 2.44 bits per heavy atom. The third kappa shape index (κ3) is 3.37. The van der Waals surface area contributed by atoms with Crippen molar-refractivity contribution in [1.29, 1.82) is 0 Å². The first-order valence-electron chi connectivity index (χ1n) is 7.18. The highest BCUT2D eigenvalue weighted by Gasteiger charge is 2.39. The van der Waals surface area contributed by atoms with E-state index in [4.69, 9.17) is 23.2 Å². The number of Topliss-reactive ketones (excluding diaryl/α,β-unsaturated/α-hetero) is 1. The number of hydrogen-bond donors (Lipinski definition) is 1. The van der Waals surface area contributed by atoms with Crippen molar-refractivity contribution < 1.29 is 24.1 Å². The van der Waals surface area contributed by atoms with E-state index in [2.05, 4.69) is 15.3 Å². The van der Waals surface area contributed by atoms with Gasteiger partial charge in [-0.05, 0) is 18.2 Å². The summed E-state index contributed by atoms with van der Waals surface area (Å²) in [6, 6.07) is 8.74. The van der Waals surface area contributed by atoms with E-state index >= 15 is 0 Å². The molecule has 3 rings (SSSR count). The summed E-state index contributed by atoms with van der Waals surface area (Å²) in [6.07, 6.45) is 0. The van der Waals surface area contributed by atoms with Crippen molar-refractivity contribution in [3.8, 4) is 0 Å². The summed E-state index contributed by atoms with van der Waals surface area (Å²) in [5, 5.41) is 16.1. The highest BCUT2D eigenvalue weighted by molar-refractivity contribution is 6.73. The van der Waals surface area contributed by atoms with E-state index in [1.54, 1.807) is 18.2 Å². The van der Waals surface area contributed by atoms with Crippen LogP contribution < -0.4 is 5.32 Å². The van der Waals surface area contributed by atoms with Crippen molar-refractivity contribution in [2.24, 2.45) is 5.16 Å². The van der Waals surface area contributed by atoms with Crippen LogP contribution in [-0.4, -0.2) is 28.3 Å². The minimum absolute atomic E-state index is 0.145. The number of carbonyl (C=O) groups is 3. The van der Waals surface area contributed by atoms with Crippen LogP contribution in [0.5, 0.6) is 0 Å². The first-order valence-corrected chi connectivity index (χ1v) is 7.93. The van der Waals surface area contributed by atoms with Gasteiger partial charge in [-0.15, -0.1) is 0 Å². The quantitative estimate of drug-likeness (QED) is 0.472. The van der Waals surface area contributed by atoms with E-state index < -0.39 is 39.7 Å². The summed E-state index contributed by atoms with van der Waals surface area (Å²) in [5.41, 5.74) is -2.14. The van der Waals surface area contributed by atoms with Gasteiger partial charge >= 0.3 is 11.7 Å². The molecule has 2 aromatic rings. The predicted octanol–water partition coefficient (Wildman–Crippen LogP) is 3.25. The molecule has 1 heterocycles. The Labute approximate surface area is 160 Å². The lowest BCUT2D eigenvalue weighted by Crippen LogP contribution is -2.36. The number of carbonyl (C=O) groups excluding carboxylic acids is 3. The van der Waals surface area contributed by atoms with Crippen LogP contribution in [0.2, 0.25) is 10.0 Å². The van der Waals surface area contributed by atoms with Gasteiger partial charge < -0.3 is 10.2 Å². The van der Waals surface area contributed by atoms with Gasteiger partial charge in [-0.3, -0.25) is 19.7 Å². The smallest absolute Gasteiger partial charge is 0.314 e. The van der Waals surface area contributed by atoms with Crippen LogP contribution in [0.15, 0.2) is 41.6 Å². The van der Waals surface area contributed by atoms with E-state index in [1.165, 1.54) is 12.1 Å². The Morgan fingerprint density at radius 2 is 1.81 bits per heavy atom. The lowest BCUT2D eigenvalue weighted by atomic mass is 9.98. The first kappa shape index (κ1) is 18.5. The van der Waals surface area contributed by atoms with Gasteiger partial charge in [-0.25, -0.2) is 4.79 Å². The van der Waals surface area contributed by atoms with Gasteiger partial charge in [-0.1, -0.05) is 46.6 Å². The average Bonchev–Trinajstić information content (AvgIpc) is 2.61. The molecule has 0 atom stereocenters. The number of oxime groups is 1. The molecule has 2 aromatic carbocycles. The fourth-order valence-corrected chi connectivity index (χ4v) is 2.94. The van der Waals surface area contributed by atoms with E-state index in [9.17, 15) is 24.5 Å². The third-order valence-corrected chi connectivity index (χ3v) is 4.10. The predicted molar refractivity (Wildman–Crippen MR) is 95.4 cm³/mol. The monoisotopic (exact) mass is 407 g/mol. The number of fused-ring (bicyclic) bond motifs is 1. The lowest BCUT2D eigenvalue weighted by molar-refractivity contribution is -0.383. The van der Waals surface area contributed by atoms with Crippen LogP contribution >= 0.6 is 23.2 Å². The Morgan fingerprint density at radius 1 is 1.15 bits per heavy atom. The maximum Gasteiger partial charge on any atom is 0.365 e. The summed E-state index contributed by atoms with van der Waals surface area (Å²) in [4.78, 5) is 51.6. The van der Waals surface area contributed by atoms with Gasteiger partial charge in [0.05, 0.1) is 21.1 Å². The fraction of sp³-hybridized carbons (Fsp3) is 0. The number of benzene rings is 2. The molecule has 1 aliphatic heterocycles. The maximum absolute atomic E-state index is 12.6. The van der Waals surface area contributed by atoms with E-state index in [0.717, 1.165) is 6.07 Å². The van der Waals surface area contributed by atoms with Crippen molar-refractivity contribution in [2.75, 3.05) is 5.32 Å². The van der Waals surface area contributed by atoms with Crippen molar-refractivity contribution in [2.45, 2.75) is 0 Å². The highest BCUT2D eigenvalue weighted by atomic mass is 35.5. The number of nitrogens with zero attached hydrogens (tertiary/aromatic N) is 2. The summed E-state index contributed by atoms with van der Waals surface area (Å²) < 4.78 is 0.